The maximum Gasteiger partial charge on any atom is 0.403 e. The highest BCUT2D eigenvalue weighted by Gasteiger charge is 2.71. The number of ether oxygens (including phenoxy) is 1. The fraction of sp³-hybridized carbons (Fsp3) is 0.786. The van der Waals surface area contributed by atoms with E-state index in [1.807, 2.05) is 0 Å². The van der Waals surface area contributed by atoms with Crippen LogP contribution in [0.1, 0.15) is 26.7 Å². The third-order valence-corrected chi connectivity index (χ3v) is 4.27. The summed E-state index contributed by atoms with van der Waals surface area (Å²) in [6.07, 6.45) is -33.3. The molecule has 0 aliphatic rings. The molecule has 0 aromatic rings. The van der Waals surface area contributed by atoms with Gasteiger partial charge in [-0.15, -0.1) is 0 Å². The highest BCUT2D eigenvalue weighted by molar-refractivity contribution is 5.85. The largest absolute Gasteiger partial charge is 0.457 e. The molecule has 0 spiro atoms. The van der Waals surface area contributed by atoms with Crippen LogP contribution < -0.4 is 0 Å². The number of alkyl halides is 12. The van der Waals surface area contributed by atoms with Gasteiger partial charge in [0.25, 0.3) is 0 Å². The third-order valence-electron chi connectivity index (χ3n) is 4.27. The monoisotopic (exact) mass is 460 g/mol. The Balaban J connectivity index is 6.39. The smallest absolute Gasteiger partial charge is 0.403 e. The average Bonchev–Trinajstić information content (AvgIpc) is 2.41. The van der Waals surface area contributed by atoms with E-state index in [1.54, 1.807) is 0 Å². The Hall–Kier alpha value is -1.70. The van der Waals surface area contributed by atoms with Crippen molar-refractivity contribution in [2.24, 2.45) is 10.8 Å². The highest BCUT2D eigenvalue weighted by atomic mass is 19.4. The van der Waals surface area contributed by atoms with Crippen LogP contribution in [0.2, 0.25) is 0 Å². The molecule has 172 valence electrons. The van der Waals surface area contributed by atoms with Crippen LogP contribution in [0.4, 0.5) is 57.1 Å². The average molecular weight is 460 g/mol. The zero-order valence-corrected chi connectivity index (χ0v) is 14.4. The number of rotatable bonds is 6. The maximum absolute atomic E-state index is 13.0. The molecule has 0 N–H and O–H groups in total. The first kappa shape index (κ1) is 27.3. The van der Waals surface area contributed by atoms with Gasteiger partial charge in [-0.3, -0.25) is 0 Å². The van der Waals surface area contributed by atoms with Gasteiger partial charge in [0.15, 0.2) is 10.8 Å². The van der Waals surface area contributed by atoms with E-state index in [9.17, 15) is 61.9 Å². The number of hydrogen-bond donors (Lipinski definition) is 0. The molecular formula is C14H13F13O2. The van der Waals surface area contributed by atoms with Crippen LogP contribution in [0.25, 0.3) is 0 Å². The Morgan fingerprint density at radius 3 is 1.14 bits per heavy atom. The van der Waals surface area contributed by atoms with Gasteiger partial charge in [0.1, 0.15) is 6.10 Å². The Bertz CT molecular complexity index is 541. The van der Waals surface area contributed by atoms with Crippen molar-refractivity contribution >= 4 is 5.97 Å². The first-order chi connectivity index (χ1) is 12.4. The van der Waals surface area contributed by atoms with Crippen LogP contribution in [0.3, 0.4) is 0 Å². The third kappa shape index (κ3) is 5.68. The van der Waals surface area contributed by atoms with Crippen molar-refractivity contribution in [3.63, 3.8) is 0 Å². The second kappa shape index (κ2) is 7.85. The summed E-state index contributed by atoms with van der Waals surface area (Å²) >= 11 is 0. The lowest BCUT2D eigenvalue weighted by Crippen LogP contribution is -2.53. The normalized spacial score (nSPS) is 14.9. The summed E-state index contributed by atoms with van der Waals surface area (Å²) in [5.74, 6) is -4.56. The van der Waals surface area contributed by atoms with E-state index >= 15 is 0 Å². The van der Waals surface area contributed by atoms with Gasteiger partial charge in [-0.25, -0.2) is 4.79 Å². The van der Waals surface area contributed by atoms with Crippen molar-refractivity contribution in [2.75, 3.05) is 0 Å². The summed E-state index contributed by atoms with van der Waals surface area (Å²) in [7, 11) is 0. The SMILES string of the molecule is C=C(F)C(=O)OC(CC(C)(C(F)(F)F)C(F)(F)F)CC(C)(C(F)(F)F)C(F)(F)F. The van der Waals surface area contributed by atoms with Crippen molar-refractivity contribution in [3.8, 4) is 0 Å². The molecule has 0 aromatic heterocycles. The Labute approximate surface area is 154 Å². The standard InChI is InChI=1S/C14H13F13O2/c1-6(15)8(28)29-7(4-9(2,11(16,17)18)12(19,20)21)5-10(3,13(22,23)24)14(25,26)27/h7H,1,4-5H2,2-3H3. The number of carbonyl (C=O) groups is 1. The van der Waals surface area contributed by atoms with Crippen molar-refractivity contribution < 1.29 is 66.6 Å². The molecule has 0 bridgehead atoms. The van der Waals surface area contributed by atoms with E-state index in [4.69, 9.17) is 0 Å². The summed E-state index contributed by atoms with van der Waals surface area (Å²) in [4.78, 5) is 11.1. The Morgan fingerprint density at radius 2 is 0.966 bits per heavy atom. The summed E-state index contributed by atoms with van der Waals surface area (Å²) in [5.41, 5.74) is -9.75. The van der Waals surface area contributed by atoms with Gasteiger partial charge < -0.3 is 4.74 Å². The van der Waals surface area contributed by atoms with E-state index in [-0.39, 0.29) is 0 Å². The second-order valence-corrected chi connectivity index (χ2v) is 6.50. The molecule has 0 aliphatic heterocycles. The lowest BCUT2D eigenvalue weighted by Gasteiger charge is -2.40. The molecule has 29 heavy (non-hydrogen) atoms. The second-order valence-electron chi connectivity index (χ2n) is 6.50. The molecule has 0 rings (SSSR count). The quantitative estimate of drug-likeness (QED) is 0.260. The highest BCUT2D eigenvalue weighted by Crippen LogP contribution is 2.57. The van der Waals surface area contributed by atoms with Gasteiger partial charge in [0.2, 0.25) is 5.83 Å². The number of hydrogen-bond acceptors (Lipinski definition) is 2. The molecule has 15 heteroatoms. The first-order valence-electron chi connectivity index (χ1n) is 7.23. The number of carbonyl (C=O) groups excluding carboxylic acids is 1. The van der Waals surface area contributed by atoms with Gasteiger partial charge in [-0.1, -0.05) is 6.58 Å². The maximum atomic E-state index is 13.0. The van der Waals surface area contributed by atoms with E-state index in [0.29, 0.717) is 0 Å². The van der Waals surface area contributed by atoms with E-state index in [2.05, 4.69) is 11.3 Å². The minimum Gasteiger partial charge on any atom is -0.457 e. The molecule has 0 atom stereocenters. The van der Waals surface area contributed by atoms with Crippen molar-refractivity contribution in [2.45, 2.75) is 57.5 Å². The van der Waals surface area contributed by atoms with Crippen molar-refractivity contribution in [1.82, 2.24) is 0 Å². The summed E-state index contributed by atoms with van der Waals surface area (Å²) < 4.78 is 172. The fourth-order valence-corrected chi connectivity index (χ4v) is 2.07. The molecule has 0 heterocycles. The minimum atomic E-state index is -6.21. The molecule has 2 nitrogen and oxygen atoms in total. The fourth-order valence-electron chi connectivity index (χ4n) is 2.07. The van der Waals surface area contributed by atoms with Crippen LogP contribution in [-0.2, 0) is 9.53 Å². The van der Waals surface area contributed by atoms with E-state index in [1.165, 1.54) is 0 Å². The van der Waals surface area contributed by atoms with Gasteiger partial charge in [0, 0.05) is 12.8 Å². The molecule has 0 unspecified atom stereocenters. The lowest BCUT2D eigenvalue weighted by molar-refractivity contribution is -0.353. The van der Waals surface area contributed by atoms with E-state index < -0.39 is 80.1 Å². The lowest BCUT2D eigenvalue weighted by atomic mass is 9.76. The summed E-state index contributed by atoms with van der Waals surface area (Å²) in [6, 6.07) is 0. The molecule has 0 saturated carbocycles. The molecule has 0 fully saturated rings. The van der Waals surface area contributed by atoms with Gasteiger partial charge >= 0.3 is 30.7 Å². The zero-order chi connectivity index (χ0) is 23.9. The molecule has 0 radical (unpaired) electrons. The van der Waals surface area contributed by atoms with Crippen LogP contribution in [0.5, 0.6) is 0 Å². The van der Waals surface area contributed by atoms with Crippen molar-refractivity contribution in [3.05, 3.63) is 12.4 Å². The van der Waals surface area contributed by atoms with Crippen LogP contribution in [0.15, 0.2) is 12.4 Å². The topological polar surface area (TPSA) is 26.3 Å². The zero-order valence-electron chi connectivity index (χ0n) is 14.4. The molecule has 0 aromatic carbocycles. The predicted octanol–water partition coefficient (Wildman–Crippen LogP) is 6.42. The van der Waals surface area contributed by atoms with Gasteiger partial charge in [0.05, 0.1) is 0 Å². The molecule has 0 saturated heterocycles. The summed E-state index contributed by atoms with van der Waals surface area (Å²) in [5, 5.41) is 0. The minimum absolute atomic E-state index is 0.545. The molecule has 0 aliphatic carbocycles. The predicted molar refractivity (Wildman–Crippen MR) is 69.8 cm³/mol. The number of esters is 1. The van der Waals surface area contributed by atoms with Crippen LogP contribution in [-0.4, -0.2) is 36.8 Å². The number of halogens is 13. The van der Waals surface area contributed by atoms with Crippen molar-refractivity contribution in [1.29, 1.82) is 0 Å². The Kier molecular flexibility index (Phi) is 7.39. The summed E-state index contributed by atoms with van der Waals surface area (Å²) in [6.45, 7) is 1.18. The van der Waals surface area contributed by atoms with Crippen LogP contribution in [0, 0.1) is 10.8 Å². The Morgan fingerprint density at radius 1 is 0.724 bits per heavy atom. The molecule has 0 amide bonds. The van der Waals surface area contributed by atoms with E-state index in [0.717, 1.165) is 0 Å². The van der Waals surface area contributed by atoms with Gasteiger partial charge in [-0.05, 0) is 13.8 Å². The van der Waals surface area contributed by atoms with Gasteiger partial charge in [-0.2, -0.15) is 57.1 Å². The van der Waals surface area contributed by atoms with Crippen LogP contribution >= 0.6 is 0 Å². The first-order valence-corrected chi connectivity index (χ1v) is 7.23. The molecular weight excluding hydrogens is 447 g/mol.